The number of benzene rings is 2. The molecule has 8 heteroatoms. The first-order valence-electron chi connectivity index (χ1n) is 17.9. The summed E-state index contributed by atoms with van der Waals surface area (Å²) in [5.41, 5.74) is 0. The first-order chi connectivity index (χ1) is 22.2. The Morgan fingerprint density at radius 1 is 0.812 bits per heavy atom. The summed E-state index contributed by atoms with van der Waals surface area (Å²) in [6, 6.07) is 23.3. The monoisotopic (exact) mass is 701 g/mol. The van der Waals surface area contributed by atoms with Crippen LogP contribution >= 0.6 is 0 Å². The molecule has 2 aliphatic rings. The average Bonchev–Trinajstić information content (AvgIpc) is 3.33. The lowest BCUT2D eigenvalue weighted by atomic mass is 10.2. The number of hydrogen-bond acceptors (Lipinski definition) is 4. The van der Waals surface area contributed by atoms with Crippen molar-refractivity contribution < 1.29 is 17.8 Å². The molecule has 4 atom stereocenters. The largest absolute Gasteiger partial charge is 0.406 e. The molecule has 0 radical (unpaired) electrons. The van der Waals surface area contributed by atoms with E-state index in [1.54, 1.807) is 0 Å². The third-order valence-corrected chi connectivity index (χ3v) is 26.6. The van der Waals surface area contributed by atoms with Crippen LogP contribution < -0.4 is 14.9 Å². The van der Waals surface area contributed by atoms with Crippen molar-refractivity contribution >= 4 is 35.2 Å². The summed E-state index contributed by atoms with van der Waals surface area (Å²) in [7, 11) is -6.26. The van der Waals surface area contributed by atoms with Gasteiger partial charge in [-0.15, -0.1) is 0 Å². The third-order valence-electron chi connectivity index (χ3n) is 11.7. The quantitative estimate of drug-likeness (QED) is 0.0925. The minimum atomic E-state index is -2.38. The van der Waals surface area contributed by atoms with Crippen molar-refractivity contribution in [3.8, 4) is 11.8 Å². The first kappa shape index (κ1) is 37.0. The number of nitrogens with zero attached hydrogens (tertiary/aromatic N) is 2. The van der Waals surface area contributed by atoms with Crippen molar-refractivity contribution in [1.29, 1.82) is 0 Å². The summed E-state index contributed by atoms with van der Waals surface area (Å²) >= 11 is 0. The fourth-order valence-corrected chi connectivity index (χ4v) is 15.2. The molecule has 2 aliphatic heterocycles. The molecule has 2 aromatic carbocycles. The summed E-state index contributed by atoms with van der Waals surface area (Å²) < 4.78 is 25.3. The van der Waals surface area contributed by atoms with Gasteiger partial charge in [-0.1, -0.05) is 135 Å². The Hall–Kier alpha value is -2.26. The lowest BCUT2D eigenvalue weighted by Crippen LogP contribution is -2.71. The van der Waals surface area contributed by atoms with E-state index in [0.29, 0.717) is 18.7 Å². The lowest BCUT2D eigenvalue weighted by Gasteiger charge is -2.45. The fraction of sp³-hybridized carbons (Fsp3) is 0.575. The first-order valence-corrected chi connectivity index (χ1v) is 25.7. The normalized spacial score (nSPS) is 20.5. The Balaban J connectivity index is 1.38. The number of fused-ring (bicyclic) bond motifs is 3. The molecule has 3 heterocycles. The van der Waals surface area contributed by atoms with Crippen molar-refractivity contribution in [2.75, 3.05) is 6.61 Å². The van der Waals surface area contributed by atoms with E-state index in [-0.39, 0.29) is 21.2 Å². The maximum absolute atomic E-state index is 6.90. The minimum Gasteiger partial charge on any atom is -0.406 e. The maximum Gasteiger partial charge on any atom is 0.366 e. The van der Waals surface area contributed by atoms with Gasteiger partial charge in [0.25, 0.3) is 0 Å². The Labute approximate surface area is 294 Å². The van der Waals surface area contributed by atoms with Crippen molar-refractivity contribution in [2.24, 2.45) is 0 Å². The van der Waals surface area contributed by atoms with Crippen LogP contribution in [-0.4, -0.2) is 48.2 Å². The summed E-state index contributed by atoms with van der Waals surface area (Å²) in [5.74, 6) is 9.00. The van der Waals surface area contributed by atoms with Crippen LogP contribution in [0.3, 0.4) is 0 Å². The standard InChI is InChI=1S/C40H61N2O3Si3/c1-38(2,3)46(10,11)43-28-20-21-31(45-47(12,13)39(4,5)6)26-27-32-29-41-30-35-36(37(41)44-32)42(35)48(40(7,8)9,33-22-16-14-17-23-33)34-24-18-15-19-25-34/h14-19,22-25,29,31,35-36H,26-28,30H2,1-13H3/q+1/t31?,35-,36-,42?/m0/s1. The number of aryl methyl sites for hydroxylation is 1. The zero-order chi connectivity index (χ0) is 35.3. The molecule has 0 aliphatic carbocycles. The highest BCUT2D eigenvalue weighted by atomic mass is 28.4. The van der Waals surface area contributed by atoms with Gasteiger partial charge in [0.1, 0.15) is 6.10 Å². The smallest absolute Gasteiger partial charge is 0.366 e. The summed E-state index contributed by atoms with van der Waals surface area (Å²) in [6.45, 7) is 31.6. The van der Waals surface area contributed by atoms with Crippen molar-refractivity contribution in [1.82, 2.24) is 4.57 Å². The second-order valence-corrected chi connectivity index (χ2v) is 32.2. The molecule has 48 heavy (non-hydrogen) atoms. The fourth-order valence-electron chi connectivity index (χ4n) is 6.99. The highest BCUT2D eigenvalue weighted by Gasteiger charge is 2.73. The summed E-state index contributed by atoms with van der Waals surface area (Å²) in [4.78, 5) is 0. The minimum absolute atomic E-state index is 0.0710. The molecule has 0 saturated carbocycles. The number of rotatable bonds is 10. The molecule has 3 aromatic rings. The van der Waals surface area contributed by atoms with E-state index < -0.39 is 24.9 Å². The number of oxazole rings is 1. The van der Waals surface area contributed by atoms with E-state index in [1.807, 2.05) is 0 Å². The number of hydrogen-bond donors (Lipinski definition) is 0. The molecule has 0 amide bonds. The van der Waals surface area contributed by atoms with Gasteiger partial charge in [0.15, 0.2) is 43.2 Å². The van der Waals surface area contributed by atoms with Crippen molar-refractivity contribution in [3.05, 3.63) is 78.5 Å². The molecular weight excluding hydrogens is 641 g/mol. The van der Waals surface area contributed by atoms with E-state index in [0.717, 1.165) is 31.0 Å². The van der Waals surface area contributed by atoms with Gasteiger partial charge in [-0.25, -0.2) is 0 Å². The lowest BCUT2D eigenvalue weighted by molar-refractivity contribution is -0.699. The molecule has 1 saturated heterocycles. The van der Waals surface area contributed by atoms with E-state index in [9.17, 15) is 0 Å². The van der Waals surface area contributed by atoms with Crippen LogP contribution in [0.4, 0.5) is 0 Å². The zero-order valence-electron chi connectivity index (χ0n) is 32.0. The van der Waals surface area contributed by atoms with Gasteiger partial charge in [-0.05, 0) is 58.1 Å². The molecule has 5 rings (SSSR count). The van der Waals surface area contributed by atoms with E-state index in [4.69, 9.17) is 13.3 Å². The molecular formula is C40H61N2O3Si3+. The van der Waals surface area contributed by atoms with Gasteiger partial charge >= 0.3 is 5.89 Å². The second-order valence-electron chi connectivity index (χ2n) is 18.1. The molecule has 0 N–H and O–H groups in total. The molecule has 1 aromatic heterocycles. The van der Waals surface area contributed by atoms with Crippen LogP contribution in [0.15, 0.2) is 71.3 Å². The zero-order valence-corrected chi connectivity index (χ0v) is 35.0. The number of aromatic nitrogens is 1. The Kier molecular flexibility index (Phi) is 10.1. The highest BCUT2D eigenvalue weighted by molar-refractivity contribution is 7.02. The van der Waals surface area contributed by atoms with E-state index >= 15 is 0 Å². The SMILES string of the molecule is CC(C)(C)[Si](C)(C)OCC#CC(CCc1c[n+]2c(o1)[C@@H]1[C@H](C2)N1[Si](c1ccccc1)(c1ccccc1)C(C)(C)C)O[Si](C)(C)C(C)(C)C. The summed E-state index contributed by atoms with van der Waals surface area (Å²) in [5, 5.41) is 3.28. The van der Waals surface area contributed by atoms with Gasteiger partial charge in [0.05, 0.1) is 12.6 Å². The van der Waals surface area contributed by atoms with Crippen LogP contribution in [0.25, 0.3) is 0 Å². The van der Waals surface area contributed by atoms with Gasteiger partial charge in [-0.2, -0.15) is 4.57 Å². The molecule has 260 valence electrons. The summed E-state index contributed by atoms with van der Waals surface area (Å²) in [6.07, 6.45) is 3.70. The predicted octanol–water partition coefficient (Wildman–Crippen LogP) is 8.21. The van der Waals surface area contributed by atoms with Crippen molar-refractivity contribution in [3.63, 3.8) is 0 Å². The molecule has 5 nitrogen and oxygen atoms in total. The van der Waals surface area contributed by atoms with E-state index in [2.05, 4.69) is 176 Å². The highest BCUT2D eigenvalue weighted by Crippen LogP contribution is 2.55. The van der Waals surface area contributed by atoms with Crippen molar-refractivity contribution in [2.45, 2.75) is 141 Å². The van der Waals surface area contributed by atoms with Crippen LogP contribution in [0.2, 0.25) is 41.3 Å². The molecule has 2 unspecified atom stereocenters. The van der Waals surface area contributed by atoms with E-state index in [1.165, 1.54) is 10.4 Å². The average molecular weight is 702 g/mol. The van der Waals surface area contributed by atoms with Gasteiger partial charge < -0.3 is 13.3 Å². The molecule has 0 spiro atoms. The van der Waals surface area contributed by atoms with Gasteiger partial charge in [0.2, 0.25) is 6.20 Å². The predicted molar refractivity (Wildman–Crippen MR) is 206 cm³/mol. The van der Waals surface area contributed by atoms with Crippen LogP contribution in [0.1, 0.15) is 86.4 Å². The maximum atomic E-state index is 6.90. The van der Waals surface area contributed by atoms with Gasteiger partial charge in [0, 0.05) is 6.42 Å². The second kappa shape index (κ2) is 13.1. The Bertz CT molecular complexity index is 1580. The molecule has 1 fully saturated rings. The molecule has 0 bridgehead atoms. The topological polar surface area (TPSA) is 38.5 Å². The van der Waals surface area contributed by atoms with Crippen LogP contribution in [-0.2, 0) is 21.8 Å². The van der Waals surface area contributed by atoms with Crippen LogP contribution in [0.5, 0.6) is 0 Å². The Morgan fingerprint density at radius 3 is 1.85 bits per heavy atom. The van der Waals surface area contributed by atoms with Crippen LogP contribution in [0, 0.1) is 11.8 Å². The third kappa shape index (κ3) is 7.01. The Morgan fingerprint density at radius 2 is 1.35 bits per heavy atom. The van der Waals surface area contributed by atoms with Gasteiger partial charge in [-0.3, -0.25) is 4.57 Å².